The molecule has 4 aliphatic rings. The lowest BCUT2D eigenvalue weighted by Crippen LogP contribution is -2.52. The van der Waals surface area contributed by atoms with E-state index >= 15 is 0 Å². The van der Waals surface area contributed by atoms with Gasteiger partial charge in [-0.05, 0) is 86.8 Å². The molecule has 0 spiro atoms. The molecule has 1 aliphatic heterocycles. The second-order valence-electron chi connectivity index (χ2n) is 11.7. The van der Waals surface area contributed by atoms with Gasteiger partial charge in [0, 0.05) is 38.6 Å². The Bertz CT molecular complexity index is 759. The van der Waals surface area contributed by atoms with E-state index in [0.717, 1.165) is 23.0 Å². The zero-order valence-electron chi connectivity index (χ0n) is 20.9. The van der Waals surface area contributed by atoms with Crippen LogP contribution in [-0.2, 0) is 0 Å². The smallest absolute Gasteiger partial charge is 0.0811 e. The van der Waals surface area contributed by atoms with Crippen LogP contribution in [0, 0.1) is 23.2 Å². The number of piperazine rings is 1. The first-order valence-electron chi connectivity index (χ1n) is 13.1. The van der Waals surface area contributed by atoms with Gasteiger partial charge < -0.3 is 15.1 Å². The maximum absolute atomic E-state index is 10.2. The van der Waals surface area contributed by atoms with Crippen LogP contribution >= 0.6 is 0 Å². The minimum atomic E-state index is -0.603. The lowest BCUT2D eigenvalue weighted by Gasteiger charge is -2.46. The van der Waals surface area contributed by atoms with Crippen LogP contribution in [0.1, 0.15) is 65.7 Å². The van der Waals surface area contributed by atoms with Crippen LogP contribution in [0.15, 0.2) is 35.5 Å². The van der Waals surface area contributed by atoms with Crippen molar-refractivity contribution in [1.29, 1.82) is 0 Å². The van der Waals surface area contributed by atoms with Gasteiger partial charge >= 0.3 is 0 Å². The van der Waals surface area contributed by atoms with E-state index in [0.29, 0.717) is 30.2 Å². The summed E-state index contributed by atoms with van der Waals surface area (Å²) in [5, 5.41) is 20.3. The number of aliphatic hydroxyl groups excluding tert-OH is 2. The van der Waals surface area contributed by atoms with Crippen LogP contribution < -0.4 is 0 Å². The Morgan fingerprint density at radius 1 is 1.22 bits per heavy atom. The molecule has 2 N–H and O–H groups in total. The predicted octanol–water partition coefficient (Wildman–Crippen LogP) is 4.40. The first-order chi connectivity index (χ1) is 15.2. The van der Waals surface area contributed by atoms with Gasteiger partial charge in [0.15, 0.2) is 0 Å². The van der Waals surface area contributed by atoms with Crippen molar-refractivity contribution in [3.05, 3.63) is 35.5 Å². The molecule has 1 heterocycles. The second-order valence-corrected chi connectivity index (χ2v) is 11.7. The van der Waals surface area contributed by atoms with Crippen molar-refractivity contribution in [3.63, 3.8) is 0 Å². The topological polar surface area (TPSA) is 46.9 Å². The summed E-state index contributed by atoms with van der Waals surface area (Å²) in [5.74, 6) is 2.21. The van der Waals surface area contributed by atoms with Crippen molar-refractivity contribution < 1.29 is 10.2 Å². The quantitative estimate of drug-likeness (QED) is 0.677. The van der Waals surface area contributed by atoms with Crippen molar-refractivity contribution >= 4 is 0 Å². The highest BCUT2D eigenvalue weighted by molar-refractivity contribution is 5.38. The zero-order valence-corrected chi connectivity index (χ0v) is 20.9. The number of nitrogens with zero attached hydrogens (tertiary/aromatic N) is 2. The molecule has 4 heteroatoms. The lowest BCUT2D eigenvalue weighted by molar-refractivity contribution is 0.0434. The Labute approximate surface area is 196 Å². The molecule has 4 fully saturated rings. The van der Waals surface area contributed by atoms with Crippen molar-refractivity contribution in [1.82, 2.24) is 9.80 Å². The lowest BCUT2D eigenvalue weighted by atomic mass is 9.61. The van der Waals surface area contributed by atoms with Crippen molar-refractivity contribution in [2.45, 2.75) is 84.0 Å². The Morgan fingerprint density at radius 2 is 2.00 bits per heavy atom. The Balaban J connectivity index is 1.46. The SMILES string of the molecule is C=C1/C(=C\C=C2/CCC[C@]3(C)[C@@H]([C@H](C)CN4CCN(C)C[C@@H]4C)CC[C@@H]23)C[C@@H](O)C[C@@H]1O. The van der Waals surface area contributed by atoms with Gasteiger partial charge in [0.1, 0.15) is 0 Å². The molecule has 4 rings (SSSR count). The largest absolute Gasteiger partial charge is 0.393 e. The monoisotopic (exact) mass is 442 g/mol. The molecular formula is C28H46N2O2. The third kappa shape index (κ3) is 4.80. The number of hydrogen-bond acceptors (Lipinski definition) is 4. The molecule has 0 aromatic carbocycles. The zero-order chi connectivity index (χ0) is 23.0. The highest BCUT2D eigenvalue weighted by Gasteiger charge is 2.50. The molecule has 0 radical (unpaired) electrons. The number of likely N-dealkylation sites (N-methyl/N-ethyl adjacent to an activating group) is 1. The molecule has 0 unspecified atom stereocenters. The van der Waals surface area contributed by atoms with Crippen LogP contribution in [-0.4, -0.2) is 71.5 Å². The number of aliphatic hydroxyl groups is 2. The molecule has 180 valence electrons. The average molecular weight is 443 g/mol. The minimum absolute atomic E-state index is 0.403. The fourth-order valence-corrected chi connectivity index (χ4v) is 7.62. The van der Waals surface area contributed by atoms with Gasteiger partial charge in [-0.1, -0.05) is 38.2 Å². The molecule has 3 aliphatic carbocycles. The Morgan fingerprint density at radius 3 is 2.75 bits per heavy atom. The van der Waals surface area contributed by atoms with Gasteiger partial charge in [0.05, 0.1) is 12.2 Å². The van der Waals surface area contributed by atoms with Gasteiger partial charge in [-0.25, -0.2) is 0 Å². The highest BCUT2D eigenvalue weighted by atomic mass is 16.3. The van der Waals surface area contributed by atoms with Crippen LogP contribution in [0.25, 0.3) is 0 Å². The fourth-order valence-electron chi connectivity index (χ4n) is 7.62. The van der Waals surface area contributed by atoms with Gasteiger partial charge in [-0.15, -0.1) is 0 Å². The molecule has 3 saturated carbocycles. The summed E-state index contributed by atoms with van der Waals surface area (Å²) in [6.07, 6.45) is 11.0. The molecule has 1 saturated heterocycles. The normalized spacial score (nSPS) is 43.1. The van der Waals surface area contributed by atoms with Gasteiger partial charge in [0.2, 0.25) is 0 Å². The first kappa shape index (κ1) is 24.2. The van der Waals surface area contributed by atoms with Crippen LogP contribution in [0.2, 0.25) is 0 Å². The summed E-state index contributed by atoms with van der Waals surface area (Å²) in [7, 11) is 2.25. The molecule has 32 heavy (non-hydrogen) atoms. The minimum Gasteiger partial charge on any atom is -0.393 e. The molecule has 7 atom stereocenters. The standard InChI is InChI=1S/C28H46N2O2/c1-19(17-30-14-13-29(5)18-20(30)2)25-10-11-26-22(7-6-12-28(25,26)4)8-9-23-15-24(31)16-27(32)21(23)3/h8-9,19-20,24-27,31-32H,3,6-7,10-18H2,1-2,4-5H3/b22-8+,23-9-/t19-,20+,24-,25-,26+,27+,28-/m1/s1. The number of allylic oxidation sites excluding steroid dienone is 3. The average Bonchev–Trinajstić information content (AvgIpc) is 3.09. The van der Waals surface area contributed by atoms with E-state index in [9.17, 15) is 10.2 Å². The Hall–Kier alpha value is -0.940. The van der Waals surface area contributed by atoms with Gasteiger partial charge in [-0.3, -0.25) is 4.90 Å². The summed E-state index contributed by atoms with van der Waals surface area (Å²) < 4.78 is 0. The molecule has 0 aromatic heterocycles. The predicted molar refractivity (Wildman–Crippen MR) is 132 cm³/mol. The maximum Gasteiger partial charge on any atom is 0.0811 e. The van der Waals surface area contributed by atoms with E-state index in [1.54, 1.807) is 5.57 Å². The third-order valence-corrected chi connectivity index (χ3v) is 9.48. The van der Waals surface area contributed by atoms with Gasteiger partial charge in [0.25, 0.3) is 0 Å². The third-order valence-electron chi connectivity index (χ3n) is 9.48. The summed E-state index contributed by atoms with van der Waals surface area (Å²) in [6.45, 7) is 16.4. The van der Waals surface area contributed by atoms with Crippen molar-refractivity contribution in [3.8, 4) is 0 Å². The second kappa shape index (κ2) is 9.74. The summed E-state index contributed by atoms with van der Waals surface area (Å²) in [6, 6.07) is 0.656. The van der Waals surface area contributed by atoms with Crippen molar-refractivity contribution in [2.24, 2.45) is 23.2 Å². The van der Waals surface area contributed by atoms with E-state index in [1.165, 1.54) is 58.3 Å². The van der Waals surface area contributed by atoms with Crippen molar-refractivity contribution in [2.75, 3.05) is 33.2 Å². The van der Waals surface area contributed by atoms with Gasteiger partial charge in [-0.2, -0.15) is 0 Å². The van der Waals surface area contributed by atoms with E-state index in [1.807, 2.05) is 0 Å². The fraction of sp³-hybridized carbons (Fsp3) is 0.786. The molecule has 0 bridgehead atoms. The molecule has 0 amide bonds. The maximum atomic E-state index is 10.2. The van der Waals surface area contributed by atoms with E-state index in [2.05, 4.69) is 56.3 Å². The Kier molecular flexibility index (Phi) is 7.36. The first-order valence-corrected chi connectivity index (χ1v) is 13.1. The van der Waals surface area contributed by atoms with E-state index in [4.69, 9.17) is 0 Å². The summed E-state index contributed by atoms with van der Waals surface area (Å²) in [4.78, 5) is 5.20. The highest BCUT2D eigenvalue weighted by Crippen LogP contribution is 2.59. The molecule has 0 aromatic rings. The van der Waals surface area contributed by atoms with E-state index in [-0.39, 0.29) is 0 Å². The molecule has 4 nitrogen and oxygen atoms in total. The summed E-state index contributed by atoms with van der Waals surface area (Å²) in [5.41, 5.74) is 3.82. The van der Waals surface area contributed by atoms with Crippen LogP contribution in [0.4, 0.5) is 0 Å². The van der Waals surface area contributed by atoms with Crippen LogP contribution in [0.5, 0.6) is 0 Å². The number of rotatable bonds is 4. The molecular weight excluding hydrogens is 396 g/mol. The number of hydrogen-bond donors (Lipinski definition) is 2. The van der Waals surface area contributed by atoms with Crippen LogP contribution in [0.3, 0.4) is 0 Å². The van der Waals surface area contributed by atoms with E-state index < -0.39 is 12.2 Å². The number of fused-ring (bicyclic) bond motifs is 1. The summed E-state index contributed by atoms with van der Waals surface area (Å²) >= 11 is 0.